The van der Waals surface area contributed by atoms with Crippen molar-refractivity contribution in [1.82, 2.24) is 0 Å². The summed E-state index contributed by atoms with van der Waals surface area (Å²) in [5.41, 5.74) is 3.13. The second-order valence-corrected chi connectivity index (χ2v) is 7.73. The molecule has 0 bridgehead atoms. The molecule has 164 valence electrons. The molecule has 7 heteroatoms. The Balaban J connectivity index is 1.93. The fraction of sp³-hybridized carbons (Fsp3) is 0.115. The Morgan fingerprint density at radius 2 is 1.76 bits per heavy atom. The minimum atomic E-state index is -1.03. The maximum Gasteiger partial charge on any atom is 0.335 e. The van der Waals surface area contributed by atoms with Crippen molar-refractivity contribution in [2.24, 2.45) is 0 Å². The van der Waals surface area contributed by atoms with Crippen molar-refractivity contribution in [2.75, 3.05) is 6.61 Å². The maximum absolute atomic E-state index is 11.1. The van der Waals surface area contributed by atoms with Crippen LogP contribution in [0.4, 0.5) is 0 Å². The van der Waals surface area contributed by atoms with Gasteiger partial charge in [0.05, 0.1) is 39.9 Å². The van der Waals surface area contributed by atoms with Crippen LogP contribution >= 0.6 is 15.9 Å². The lowest BCUT2D eigenvalue weighted by molar-refractivity contribution is 0.0697. The molecule has 0 heterocycles. The molecule has 0 saturated heterocycles. The molecule has 0 spiro atoms. The van der Waals surface area contributed by atoms with Crippen LogP contribution in [0.25, 0.3) is 11.6 Å². The second kappa shape index (κ2) is 11.0. The van der Waals surface area contributed by atoms with E-state index < -0.39 is 5.97 Å². The first kappa shape index (κ1) is 23.6. The van der Waals surface area contributed by atoms with Gasteiger partial charge in [0.2, 0.25) is 0 Å². The smallest absolute Gasteiger partial charge is 0.335 e. The van der Waals surface area contributed by atoms with Crippen molar-refractivity contribution in [2.45, 2.75) is 13.5 Å². The Labute approximate surface area is 200 Å². The summed E-state index contributed by atoms with van der Waals surface area (Å²) in [6.07, 6.45) is 1.69. The highest BCUT2D eigenvalue weighted by Gasteiger charge is 2.14. The number of benzene rings is 3. The zero-order chi connectivity index (χ0) is 23.8. The number of allylic oxidation sites excluding steroid dienone is 1. The molecular weight excluding hydrogens is 484 g/mol. The Bertz CT molecular complexity index is 1290. The zero-order valence-electron chi connectivity index (χ0n) is 17.7. The van der Waals surface area contributed by atoms with Gasteiger partial charge in [0, 0.05) is 5.56 Å². The van der Waals surface area contributed by atoms with Gasteiger partial charge >= 0.3 is 5.97 Å². The fourth-order valence-corrected chi connectivity index (χ4v) is 3.69. The Kier molecular flexibility index (Phi) is 7.86. The predicted octanol–water partition coefficient (Wildman–Crippen LogP) is 6.06. The number of ether oxygens (including phenoxy) is 2. The predicted molar refractivity (Wildman–Crippen MR) is 128 cm³/mol. The Morgan fingerprint density at radius 1 is 1.06 bits per heavy atom. The highest BCUT2D eigenvalue weighted by atomic mass is 79.9. The van der Waals surface area contributed by atoms with E-state index in [9.17, 15) is 15.3 Å². The maximum atomic E-state index is 11.1. The molecule has 1 N–H and O–H groups in total. The number of carboxylic acid groups (broad SMARTS) is 1. The lowest BCUT2D eigenvalue weighted by Gasteiger charge is -2.15. The number of rotatable bonds is 8. The van der Waals surface area contributed by atoms with E-state index in [0.717, 1.165) is 5.56 Å². The van der Waals surface area contributed by atoms with Crippen molar-refractivity contribution in [3.8, 4) is 23.6 Å². The number of halogens is 1. The summed E-state index contributed by atoms with van der Waals surface area (Å²) >= 11 is 3.52. The molecule has 6 nitrogen and oxygen atoms in total. The molecule has 3 rings (SSSR count). The lowest BCUT2D eigenvalue weighted by atomic mass is 10.0. The Morgan fingerprint density at radius 3 is 2.39 bits per heavy atom. The van der Waals surface area contributed by atoms with E-state index in [-0.39, 0.29) is 12.2 Å². The largest absolute Gasteiger partial charge is 0.490 e. The van der Waals surface area contributed by atoms with Crippen LogP contribution in [-0.4, -0.2) is 17.7 Å². The van der Waals surface area contributed by atoms with Gasteiger partial charge in [-0.15, -0.1) is 0 Å². The van der Waals surface area contributed by atoms with Gasteiger partial charge in [-0.05, 0) is 70.4 Å². The quantitative estimate of drug-likeness (QED) is 0.296. The van der Waals surface area contributed by atoms with Crippen LogP contribution in [0, 0.1) is 22.7 Å². The number of nitrogens with zero attached hydrogens (tertiary/aromatic N) is 2. The van der Waals surface area contributed by atoms with Crippen molar-refractivity contribution in [3.63, 3.8) is 0 Å². The Hall–Kier alpha value is -4.07. The van der Waals surface area contributed by atoms with Gasteiger partial charge in [0.25, 0.3) is 0 Å². The minimum absolute atomic E-state index is 0.150. The number of hydrogen-bond donors (Lipinski definition) is 1. The van der Waals surface area contributed by atoms with Crippen molar-refractivity contribution in [3.05, 3.63) is 93.0 Å². The van der Waals surface area contributed by atoms with Gasteiger partial charge in [-0.3, -0.25) is 0 Å². The van der Waals surface area contributed by atoms with Crippen molar-refractivity contribution < 1.29 is 19.4 Å². The minimum Gasteiger partial charge on any atom is -0.490 e. The van der Waals surface area contributed by atoms with Gasteiger partial charge in [0.1, 0.15) is 6.61 Å². The van der Waals surface area contributed by atoms with E-state index >= 15 is 0 Å². The summed E-state index contributed by atoms with van der Waals surface area (Å²) in [6, 6.07) is 21.2. The molecule has 0 fully saturated rings. The number of aromatic carboxylic acids is 1. The van der Waals surface area contributed by atoms with Crippen LogP contribution in [0.15, 0.2) is 65.1 Å². The summed E-state index contributed by atoms with van der Waals surface area (Å²) in [7, 11) is 0. The van der Waals surface area contributed by atoms with Gasteiger partial charge in [0.15, 0.2) is 11.5 Å². The third-order valence-electron chi connectivity index (χ3n) is 4.72. The van der Waals surface area contributed by atoms with E-state index in [0.29, 0.717) is 44.8 Å². The first-order chi connectivity index (χ1) is 16.0. The first-order valence-corrected chi connectivity index (χ1v) is 10.8. The number of carboxylic acids is 1. The van der Waals surface area contributed by atoms with Crippen LogP contribution in [-0.2, 0) is 6.61 Å². The third-order valence-corrected chi connectivity index (χ3v) is 5.30. The molecule has 3 aromatic rings. The third kappa shape index (κ3) is 5.79. The molecule has 33 heavy (non-hydrogen) atoms. The summed E-state index contributed by atoms with van der Waals surface area (Å²) in [5, 5.41) is 28.0. The lowest BCUT2D eigenvalue weighted by Crippen LogP contribution is -2.02. The molecule has 0 saturated carbocycles. The second-order valence-electron chi connectivity index (χ2n) is 6.87. The standard InChI is InChI=1S/C26H19BrN2O4/c1-2-32-24-13-17(11-22(15-29)18-7-9-19(10-8-18)26(30)31)12-23(27)25(24)33-16-21-6-4-3-5-20(21)14-28/h3-13H,2,16H2,1H3,(H,30,31)/b22-11-. The molecule has 0 radical (unpaired) electrons. The van der Waals surface area contributed by atoms with Gasteiger partial charge in [-0.2, -0.15) is 10.5 Å². The van der Waals surface area contributed by atoms with Crippen LogP contribution in [0.3, 0.4) is 0 Å². The molecule has 0 aliphatic rings. The van der Waals surface area contributed by atoms with Crippen LogP contribution in [0.5, 0.6) is 11.5 Å². The molecule has 0 aliphatic carbocycles. The summed E-state index contributed by atoms with van der Waals surface area (Å²) in [6.45, 7) is 2.46. The van der Waals surface area contributed by atoms with Crippen LogP contribution in [0.1, 0.15) is 39.5 Å². The number of nitriles is 2. The van der Waals surface area contributed by atoms with E-state index in [1.165, 1.54) is 12.1 Å². The number of carbonyl (C=O) groups is 1. The molecule has 0 unspecified atom stereocenters. The monoisotopic (exact) mass is 502 g/mol. The molecule has 0 amide bonds. The van der Waals surface area contributed by atoms with E-state index in [1.807, 2.05) is 19.1 Å². The number of hydrogen-bond acceptors (Lipinski definition) is 5. The topological polar surface area (TPSA) is 103 Å². The molecule has 0 atom stereocenters. The average molecular weight is 503 g/mol. The first-order valence-electron chi connectivity index (χ1n) is 9.99. The van der Waals surface area contributed by atoms with Gasteiger partial charge in [-0.1, -0.05) is 30.3 Å². The van der Waals surface area contributed by atoms with E-state index in [2.05, 4.69) is 28.1 Å². The van der Waals surface area contributed by atoms with Crippen LogP contribution < -0.4 is 9.47 Å². The average Bonchev–Trinajstić information content (AvgIpc) is 2.82. The normalized spacial score (nSPS) is 10.7. The molecule has 0 aliphatic heterocycles. The van der Waals surface area contributed by atoms with Crippen molar-refractivity contribution in [1.29, 1.82) is 10.5 Å². The highest BCUT2D eigenvalue weighted by Crippen LogP contribution is 2.38. The fourth-order valence-electron chi connectivity index (χ4n) is 3.12. The summed E-state index contributed by atoms with van der Waals surface area (Å²) < 4.78 is 12.4. The van der Waals surface area contributed by atoms with E-state index in [4.69, 9.17) is 14.6 Å². The molecule has 3 aromatic carbocycles. The molecule has 0 aromatic heterocycles. The van der Waals surface area contributed by atoms with Gasteiger partial charge < -0.3 is 14.6 Å². The van der Waals surface area contributed by atoms with Crippen molar-refractivity contribution >= 4 is 33.5 Å². The van der Waals surface area contributed by atoms with E-state index in [1.54, 1.807) is 42.5 Å². The zero-order valence-corrected chi connectivity index (χ0v) is 19.3. The van der Waals surface area contributed by atoms with Gasteiger partial charge in [-0.25, -0.2) is 4.79 Å². The van der Waals surface area contributed by atoms with Crippen LogP contribution in [0.2, 0.25) is 0 Å². The molecular formula is C26H19BrN2O4. The SMILES string of the molecule is CCOc1cc(/C=C(/C#N)c2ccc(C(=O)O)cc2)cc(Br)c1OCc1ccccc1C#N. The summed E-state index contributed by atoms with van der Waals surface area (Å²) in [4.78, 5) is 11.1. The summed E-state index contributed by atoms with van der Waals surface area (Å²) in [5.74, 6) is -0.0422. The highest BCUT2D eigenvalue weighted by molar-refractivity contribution is 9.10.